The third-order valence-corrected chi connectivity index (χ3v) is 15.7. The predicted octanol–water partition coefficient (Wildman–Crippen LogP) is 19.3. The summed E-state index contributed by atoms with van der Waals surface area (Å²) in [6, 6.07) is 92.3. The fourth-order valence-electron chi connectivity index (χ4n) is 11.7. The molecule has 11 aromatic carbocycles. The maximum Gasteiger partial charge on any atom is 0.0465 e. The predicted molar refractivity (Wildman–Crippen MR) is 301 cm³/mol. The van der Waals surface area contributed by atoms with Gasteiger partial charge in [0.05, 0.1) is 0 Å². The molecule has 2 aliphatic carbocycles. The second-order valence-electron chi connectivity index (χ2n) is 20.6. The summed E-state index contributed by atoms with van der Waals surface area (Å²) in [6.07, 6.45) is 0. The summed E-state index contributed by atoms with van der Waals surface area (Å²) in [4.78, 5) is 2.47. The molecule has 0 bridgehead atoms. The van der Waals surface area contributed by atoms with Crippen LogP contribution in [0.15, 0.2) is 249 Å². The molecule has 71 heavy (non-hydrogen) atoms. The first-order valence-electron chi connectivity index (χ1n) is 25.0. The molecule has 2 aliphatic rings. The number of benzene rings is 11. The van der Waals surface area contributed by atoms with Gasteiger partial charge in [0.25, 0.3) is 0 Å². The average molecular weight is 908 g/mol. The first-order chi connectivity index (χ1) is 34.7. The fraction of sp³-hybridized carbons (Fsp3) is 0.0857. The summed E-state index contributed by atoms with van der Waals surface area (Å²) in [7, 11) is 0. The Morgan fingerprint density at radius 1 is 0.225 bits per heavy atom. The summed E-state index contributed by atoms with van der Waals surface area (Å²) >= 11 is 0. The van der Waals surface area contributed by atoms with Crippen LogP contribution >= 0.6 is 0 Å². The lowest BCUT2D eigenvalue weighted by atomic mass is 9.81. The van der Waals surface area contributed by atoms with Crippen molar-refractivity contribution in [1.82, 2.24) is 0 Å². The lowest BCUT2D eigenvalue weighted by Crippen LogP contribution is -2.18. The zero-order valence-electron chi connectivity index (χ0n) is 40.6. The molecule has 1 heteroatoms. The minimum absolute atomic E-state index is 0.190. The molecule has 13 rings (SSSR count). The highest BCUT2D eigenvalue weighted by atomic mass is 15.1. The molecular weight excluding hydrogens is 855 g/mol. The van der Waals surface area contributed by atoms with Crippen LogP contribution in [0.5, 0.6) is 0 Å². The molecule has 0 amide bonds. The van der Waals surface area contributed by atoms with Gasteiger partial charge >= 0.3 is 0 Å². The minimum atomic E-state index is -0.221. The monoisotopic (exact) mass is 907 g/mol. The number of hydrogen-bond donors (Lipinski definition) is 0. The van der Waals surface area contributed by atoms with Crippen LogP contribution < -0.4 is 4.90 Å². The number of anilines is 3. The molecule has 338 valence electrons. The Kier molecular flexibility index (Phi) is 9.94. The van der Waals surface area contributed by atoms with E-state index >= 15 is 0 Å². The summed E-state index contributed by atoms with van der Waals surface area (Å²) in [5.41, 5.74) is 26.0. The highest BCUT2D eigenvalue weighted by Gasteiger charge is 2.38. The van der Waals surface area contributed by atoms with Gasteiger partial charge < -0.3 is 4.90 Å². The van der Waals surface area contributed by atoms with E-state index in [0.29, 0.717) is 0 Å². The van der Waals surface area contributed by atoms with Crippen molar-refractivity contribution >= 4 is 27.8 Å². The molecule has 0 fully saturated rings. The van der Waals surface area contributed by atoms with Crippen molar-refractivity contribution in [3.63, 3.8) is 0 Å². The van der Waals surface area contributed by atoms with Gasteiger partial charge in [-0.05, 0) is 166 Å². The van der Waals surface area contributed by atoms with Crippen LogP contribution in [0.4, 0.5) is 17.1 Å². The van der Waals surface area contributed by atoms with Gasteiger partial charge in [-0.2, -0.15) is 0 Å². The maximum absolute atomic E-state index is 2.47. The number of nitrogens with zero attached hydrogens (tertiary/aromatic N) is 1. The van der Waals surface area contributed by atoms with Gasteiger partial charge in [-0.1, -0.05) is 222 Å². The van der Waals surface area contributed by atoms with Gasteiger partial charge in [-0.15, -0.1) is 0 Å². The summed E-state index contributed by atoms with van der Waals surface area (Å²) in [6.45, 7) is 9.58. The Hall–Kier alpha value is -8.52. The van der Waals surface area contributed by atoms with E-state index in [-0.39, 0.29) is 10.8 Å². The Labute approximate surface area is 418 Å². The molecule has 0 heterocycles. The van der Waals surface area contributed by atoms with Crippen molar-refractivity contribution < 1.29 is 0 Å². The summed E-state index contributed by atoms with van der Waals surface area (Å²) in [5, 5.41) is 2.51. The average Bonchev–Trinajstić information content (AvgIpc) is 3.79. The molecule has 1 nitrogen and oxygen atoms in total. The largest absolute Gasteiger partial charge is 0.310 e. The highest BCUT2D eigenvalue weighted by molar-refractivity contribution is 5.92. The van der Waals surface area contributed by atoms with Crippen LogP contribution in [0.25, 0.3) is 88.7 Å². The van der Waals surface area contributed by atoms with E-state index in [9.17, 15) is 0 Å². The molecule has 0 saturated heterocycles. The van der Waals surface area contributed by atoms with E-state index in [0.717, 1.165) is 17.1 Å². The van der Waals surface area contributed by atoms with Gasteiger partial charge in [-0.25, -0.2) is 0 Å². The molecule has 0 saturated carbocycles. The van der Waals surface area contributed by atoms with Crippen molar-refractivity contribution in [3.05, 3.63) is 271 Å². The van der Waals surface area contributed by atoms with Crippen LogP contribution in [0, 0.1) is 0 Å². The summed E-state index contributed by atoms with van der Waals surface area (Å²) in [5.74, 6) is 0. The lowest BCUT2D eigenvalue weighted by Gasteiger charge is -2.30. The smallest absolute Gasteiger partial charge is 0.0465 e. The third-order valence-electron chi connectivity index (χ3n) is 15.7. The fourth-order valence-corrected chi connectivity index (χ4v) is 11.7. The standard InChI is InChI=1S/C70H53N/c1-69(2)65-42-56(47-15-9-6-10-16-47)31-37-61(65)63-39-35-59(44-67(63)69)71(58-33-29-53(30-34-58)55-28-27-48-17-11-12-18-54(48)41-55)60-36-40-64-62-38-32-57(43-66(62)70(3,4)68(64)45-60)52-25-23-51(24-26-52)50-21-19-49(20-22-50)46-13-7-5-8-14-46/h5-45H,1-4H3. The molecule has 0 radical (unpaired) electrons. The van der Waals surface area contributed by atoms with Crippen LogP contribution in [0.3, 0.4) is 0 Å². The lowest BCUT2D eigenvalue weighted by molar-refractivity contribution is 0.660. The van der Waals surface area contributed by atoms with Crippen LogP contribution in [0.2, 0.25) is 0 Å². The number of fused-ring (bicyclic) bond motifs is 7. The third kappa shape index (κ3) is 7.23. The van der Waals surface area contributed by atoms with E-state index in [1.165, 1.54) is 111 Å². The number of rotatable bonds is 8. The maximum atomic E-state index is 2.47. The van der Waals surface area contributed by atoms with Gasteiger partial charge in [0, 0.05) is 27.9 Å². The Morgan fingerprint density at radius 3 is 0.986 bits per heavy atom. The van der Waals surface area contributed by atoms with Crippen LogP contribution in [0.1, 0.15) is 49.9 Å². The molecule has 0 atom stereocenters. The minimum Gasteiger partial charge on any atom is -0.310 e. The van der Waals surface area contributed by atoms with Gasteiger partial charge in [0.2, 0.25) is 0 Å². The molecule has 0 N–H and O–H groups in total. The molecule has 0 spiro atoms. The van der Waals surface area contributed by atoms with Crippen LogP contribution in [-0.4, -0.2) is 0 Å². The molecule has 0 aliphatic heterocycles. The first-order valence-corrected chi connectivity index (χ1v) is 25.0. The van der Waals surface area contributed by atoms with E-state index < -0.39 is 0 Å². The first kappa shape index (κ1) is 42.6. The zero-order chi connectivity index (χ0) is 47.8. The van der Waals surface area contributed by atoms with Crippen molar-refractivity contribution in [3.8, 4) is 77.9 Å². The van der Waals surface area contributed by atoms with Gasteiger partial charge in [0.15, 0.2) is 0 Å². The van der Waals surface area contributed by atoms with Crippen molar-refractivity contribution in [1.29, 1.82) is 0 Å². The summed E-state index contributed by atoms with van der Waals surface area (Å²) < 4.78 is 0. The molecule has 0 aromatic heterocycles. The second-order valence-corrected chi connectivity index (χ2v) is 20.6. The van der Waals surface area contributed by atoms with Gasteiger partial charge in [0.1, 0.15) is 0 Å². The number of hydrogen-bond acceptors (Lipinski definition) is 1. The topological polar surface area (TPSA) is 3.24 Å². The Morgan fingerprint density at radius 2 is 0.521 bits per heavy atom. The zero-order valence-corrected chi connectivity index (χ0v) is 40.6. The Bertz CT molecular complexity index is 3820. The molecule has 0 unspecified atom stereocenters. The van der Waals surface area contributed by atoms with E-state index in [1.54, 1.807) is 0 Å². The van der Waals surface area contributed by atoms with Crippen molar-refractivity contribution in [2.24, 2.45) is 0 Å². The Balaban J connectivity index is 0.856. The van der Waals surface area contributed by atoms with E-state index in [2.05, 4.69) is 281 Å². The SMILES string of the molecule is CC1(C)c2cc(-c3ccccc3)ccc2-c2ccc(N(c3ccc(-c4ccc5ccccc5c4)cc3)c3ccc4c(c3)C(C)(C)c3cc(-c5ccc(-c6ccc(-c7ccccc7)cc6)cc5)ccc3-4)cc21. The van der Waals surface area contributed by atoms with Crippen LogP contribution in [-0.2, 0) is 10.8 Å². The van der Waals surface area contributed by atoms with Gasteiger partial charge in [-0.3, -0.25) is 0 Å². The van der Waals surface area contributed by atoms with Crippen molar-refractivity contribution in [2.75, 3.05) is 4.90 Å². The molecular formula is C70H53N. The second kappa shape index (κ2) is 16.6. The highest BCUT2D eigenvalue weighted by Crippen LogP contribution is 2.54. The van der Waals surface area contributed by atoms with E-state index in [1.807, 2.05) is 0 Å². The van der Waals surface area contributed by atoms with E-state index in [4.69, 9.17) is 0 Å². The molecule has 11 aromatic rings. The van der Waals surface area contributed by atoms with Crippen molar-refractivity contribution in [2.45, 2.75) is 38.5 Å². The quantitative estimate of drug-likeness (QED) is 0.147. The normalized spacial score (nSPS) is 13.6.